The maximum atomic E-state index is 8.43. The molecule has 0 fully saturated rings. The second kappa shape index (κ2) is 22.0. The predicted molar refractivity (Wildman–Crippen MR) is 384 cm³/mol. The van der Waals surface area contributed by atoms with E-state index in [2.05, 4.69) is 312 Å². The van der Waals surface area contributed by atoms with Crippen LogP contribution in [-0.4, -0.2) is 20.8 Å². The van der Waals surface area contributed by atoms with Crippen molar-refractivity contribution in [1.82, 2.24) is 14.1 Å². The number of aryl methyl sites for hydroxylation is 1. The molecule has 0 amide bonds. The average Bonchev–Trinajstić information content (AvgIpc) is 1.52. The first kappa shape index (κ1) is 53.6. The molecule has 0 saturated heterocycles. The Balaban J connectivity index is 0.970. The Labute approximate surface area is 539 Å². The molecule has 14 aromatic rings. The Kier molecular flexibility index (Phi) is 12.9. The number of anilines is 4. The standard InChI is InChI=1S/C85H75N5O/c1-55-43-44-86-80(45-55)90-76-34-22-19-31-68(76)81-69(58-27-15-12-16-28-58)52-65(53-79(81)90)91-64-50-62(49-63(51-64)89-74-32-20-17-29-66(74)67-30-18-21-33-75(67)89)87-54-88(78-36-24-23-35-77(78)87)82-70(59-39-37-57(38-40-59)56-25-13-11-14-26-56)47-61(84(5,6)7)48-72(82)71-46-60(83(2,3)4)41-42-73(71)85(8,9)10/h11-53H,54H2,1-10H3/i1D3. The number of nitrogens with zero attached hydrogens (tertiary/aromatic N) is 5. The zero-order valence-corrected chi connectivity index (χ0v) is 53.2. The van der Waals surface area contributed by atoms with Gasteiger partial charge in [0, 0.05) is 66.9 Å². The van der Waals surface area contributed by atoms with Crippen LogP contribution in [0.1, 0.15) is 88.7 Å². The molecule has 1 aliphatic rings. The molecule has 11 aromatic carbocycles. The van der Waals surface area contributed by atoms with Gasteiger partial charge in [0.1, 0.15) is 24.0 Å². The van der Waals surface area contributed by atoms with Crippen molar-refractivity contribution in [3.05, 3.63) is 283 Å². The van der Waals surface area contributed by atoms with Crippen molar-refractivity contribution < 1.29 is 8.85 Å². The smallest absolute Gasteiger partial charge is 0.137 e. The molecule has 6 nitrogen and oxygen atoms in total. The number of hydrogen-bond acceptors (Lipinski definition) is 4. The highest BCUT2D eigenvalue weighted by Crippen LogP contribution is 2.54. The van der Waals surface area contributed by atoms with Gasteiger partial charge in [-0.05, 0) is 145 Å². The van der Waals surface area contributed by atoms with E-state index in [9.17, 15) is 0 Å². The third kappa shape index (κ3) is 10.2. The molecule has 0 unspecified atom stereocenters. The highest BCUT2D eigenvalue weighted by Gasteiger charge is 2.35. The third-order valence-electron chi connectivity index (χ3n) is 18.3. The van der Waals surface area contributed by atoms with Crippen LogP contribution in [0.25, 0.3) is 99.6 Å². The number of para-hydroxylation sites is 5. The van der Waals surface area contributed by atoms with Gasteiger partial charge in [-0.25, -0.2) is 4.98 Å². The first-order valence-electron chi connectivity index (χ1n) is 33.2. The molecule has 1 aliphatic heterocycles. The molecule has 0 atom stereocenters. The van der Waals surface area contributed by atoms with Crippen LogP contribution in [0.5, 0.6) is 11.5 Å². The van der Waals surface area contributed by atoms with Crippen molar-refractivity contribution in [2.24, 2.45) is 0 Å². The minimum absolute atomic E-state index is 0.112. The van der Waals surface area contributed by atoms with E-state index >= 15 is 0 Å². The lowest BCUT2D eigenvalue weighted by atomic mass is 9.75. The van der Waals surface area contributed by atoms with Gasteiger partial charge in [-0.3, -0.25) is 4.57 Å². The van der Waals surface area contributed by atoms with E-state index < -0.39 is 6.85 Å². The van der Waals surface area contributed by atoms with E-state index in [1.54, 1.807) is 18.3 Å². The summed E-state index contributed by atoms with van der Waals surface area (Å²) in [5.74, 6) is 1.75. The van der Waals surface area contributed by atoms with Crippen LogP contribution < -0.4 is 14.5 Å². The zero-order valence-electron chi connectivity index (χ0n) is 56.2. The number of rotatable bonds is 10. The van der Waals surface area contributed by atoms with Gasteiger partial charge in [-0.15, -0.1) is 0 Å². The quantitative estimate of drug-likeness (QED) is 0.137. The number of hydrogen-bond donors (Lipinski definition) is 0. The van der Waals surface area contributed by atoms with E-state index in [-0.39, 0.29) is 21.8 Å². The minimum atomic E-state index is -2.34. The van der Waals surface area contributed by atoms with Crippen molar-refractivity contribution in [1.29, 1.82) is 0 Å². The Bertz CT molecular complexity index is 5200. The van der Waals surface area contributed by atoms with Crippen molar-refractivity contribution in [2.45, 2.75) is 85.4 Å². The predicted octanol–water partition coefficient (Wildman–Crippen LogP) is 23.2. The van der Waals surface area contributed by atoms with Gasteiger partial charge >= 0.3 is 0 Å². The summed E-state index contributed by atoms with van der Waals surface area (Å²) < 4.78 is 37.3. The minimum Gasteiger partial charge on any atom is -0.457 e. The molecule has 0 radical (unpaired) electrons. The monoisotopic (exact) mass is 1180 g/mol. The molecule has 0 aliphatic carbocycles. The van der Waals surface area contributed by atoms with Crippen molar-refractivity contribution in [3.63, 3.8) is 0 Å². The number of aromatic nitrogens is 3. The van der Waals surface area contributed by atoms with Crippen LogP contribution in [0.2, 0.25) is 0 Å². The molecule has 446 valence electrons. The molecule has 0 saturated carbocycles. The van der Waals surface area contributed by atoms with Crippen molar-refractivity contribution >= 4 is 66.4 Å². The summed E-state index contributed by atoms with van der Waals surface area (Å²) >= 11 is 0. The van der Waals surface area contributed by atoms with Crippen molar-refractivity contribution in [2.75, 3.05) is 16.5 Å². The number of benzene rings is 11. The number of pyridine rings is 1. The molecule has 4 heterocycles. The third-order valence-corrected chi connectivity index (χ3v) is 18.3. The van der Waals surface area contributed by atoms with Gasteiger partial charge in [-0.2, -0.15) is 0 Å². The van der Waals surface area contributed by atoms with Crippen LogP contribution >= 0.6 is 0 Å². The van der Waals surface area contributed by atoms with Crippen LogP contribution in [0.15, 0.2) is 261 Å². The summed E-state index contributed by atoms with van der Waals surface area (Å²) in [5.41, 5.74) is 21.7. The first-order chi connectivity index (χ1) is 45.1. The molecule has 0 spiro atoms. The van der Waals surface area contributed by atoms with Crippen LogP contribution in [-0.2, 0) is 16.2 Å². The van der Waals surface area contributed by atoms with E-state index in [0.29, 0.717) is 24.0 Å². The molecule has 15 rings (SSSR count). The topological polar surface area (TPSA) is 38.5 Å². The normalized spacial score (nSPS) is 13.5. The molecular formula is C85H75N5O. The lowest BCUT2D eigenvalue weighted by molar-refractivity contribution is 0.483. The SMILES string of the molecule is [2H]C([2H])([2H])c1ccnc(-n2c3ccccc3c3c(-c4ccccc4)cc(Oc4cc(N5CN(c6c(-c7ccc(-c8ccccc8)cc7)cc(C(C)(C)C)cc6-c6cc(C(C)(C)C)ccc6C(C)(C)C)c6ccccc65)cc(-n5c6ccccc6c6ccccc65)c4)cc32)c1. The maximum absolute atomic E-state index is 8.43. The molecule has 0 N–H and O–H groups in total. The van der Waals surface area contributed by atoms with Gasteiger partial charge in [0.05, 0.1) is 44.8 Å². The fraction of sp³-hybridized carbons (Fsp3) is 0.165. The first-order valence-corrected chi connectivity index (χ1v) is 31.7. The van der Waals surface area contributed by atoms with Crippen LogP contribution in [0.3, 0.4) is 0 Å². The van der Waals surface area contributed by atoms with E-state index in [1.165, 1.54) is 38.9 Å². The highest BCUT2D eigenvalue weighted by atomic mass is 16.5. The second-order valence-electron chi connectivity index (χ2n) is 27.5. The fourth-order valence-corrected chi connectivity index (χ4v) is 13.8. The highest BCUT2D eigenvalue weighted by molar-refractivity contribution is 6.16. The lowest BCUT2D eigenvalue weighted by Crippen LogP contribution is -2.26. The summed E-state index contributed by atoms with van der Waals surface area (Å²) in [6, 6.07) is 91.1. The molecule has 6 heteroatoms. The van der Waals surface area contributed by atoms with Crippen LogP contribution in [0, 0.1) is 6.85 Å². The van der Waals surface area contributed by atoms with Gasteiger partial charge in [0.15, 0.2) is 0 Å². The lowest BCUT2D eigenvalue weighted by Gasteiger charge is -2.33. The molecule has 0 bridgehead atoms. The fourth-order valence-electron chi connectivity index (χ4n) is 13.8. The second-order valence-corrected chi connectivity index (χ2v) is 27.5. The Morgan fingerprint density at radius 3 is 1.56 bits per heavy atom. The molecule has 91 heavy (non-hydrogen) atoms. The van der Waals surface area contributed by atoms with Crippen molar-refractivity contribution in [3.8, 4) is 67.5 Å². The van der Waals surface area contributed by atoms with E-state index in [0.717, 1.165) is 94.3 Å². The average molecular weight is 1190 g/mol. The summed E-state index contributed by atoms with van der Waals surface area (Å²) in [4.78, 5) is 9.89. The Hall–Kier alpha value is -10.4. The van der Waals surface area contributed by atoms with Gasteiger partial charge in [-0.1, -0.05) is 232 Å². The molecule has 3 aromatic heterocycles. The van der Waals surface area contributed by atoms with Gasteiger partial charge in [0.25, 0.3) is 0 Å². The molecular weight excluding hydrogens is 1110 g/mol. The summed E-state index contributed by atoms with van der Waals surface area (Å²) in [6.07, 6.45) is 1.59. The summed E-state index contributed by atoms with van der Waals surface area (Å²) in [7, 11) is 0. The number of ether oxygens (including phenoxy) is 1. The van der Waals surface area contributed by atoms with E-state index in [4.69, 9.17) is 13.8 Å². The zero-order chi connectivity index (χ0) is 65.0. The number of fused-ring (bicyclic) bond motifs is 7. The maximum Gasteiger partial charge on any atom is 0.137 e. The Morgan fingerprint density at radius 2 is 0.912 bits per heavy atom. The summed E-state index contributed by atoms with van der Waals surface area (Å²) in [6.45, 7) is 19.1. The van der Waals surface area contributed by atoms with Crippen LogP contribution in [0.4, 0.5) is 22.7 Å². The summed E-state index contributed by atoms with van der Waals surface area (Å²) in [5, 5.41) is 4.33. The van der Waals surface area contributed by atoms with E-state index in [1.807, 2.05) is 12.1 Å². The largest absolute Gasteiger partial charge is 0.457 e. The van der Waals surface area contributed by atoms with Gasteiger partial charge in [0.2, 0.25) is 0 Å². The van der Waals surface area contributed by atoms with Gasteiger partial charge < -0.3 is 19.1 Å². The Morgan fingerprint density at radius 1 is 0.385 bits per heavy atom.